The molecule has 0 aliphatic carbocycles. The summed E-state index contributed by atoms with van der Waals surface area (Å²) in [6.07, 6.45) is 5.17. The molecule has 0 aromatic carbocycles. The van der Waals surface area contributed by atoms with E-state index in [9.17, 15) is 0 Å². The normalized spacial score (nSPS) is 15.1. The molecule has 0 radical (unpaired) electrons. The van der Waals surface area contributed by atoms with Gasteiger partial charge in [0.25, 0.3) is 0 Å². The maximum atomic E-state index is 4.37. The van der Waals surface area contributed by atoms with Crippen LogP contribution in [-0.4, -0.2) is 52.7 Å². The smallest absolute Gasteiger partial charge is 0.225 e. The highest BCUT2D eigenvalue weighted by atomic mass is 15.3. The molecule has 1 saturated heterocycles. The van der Waals surface area contributed by atoms with Crippen molar-refractivity contribution in [3.63, 3.8) is 0 Å². The van der Waals surface area contributed by atoms with E-state index in [1.165, 1.54) is 0 Å². The Morgan fingerprint density at radius 2 is 1.71 bits per heavy atom. The lowest BCUT2D eigenvalue weighted by Gasteiger charge is -2.35. The van der Waals surface area contributed by atoms with Gasteiger partial charge in [0.15, 0.2) is 0 Å². The first kappa shape index (κ1) is 13.5. The van der Waals surface area contributed by atoms with Crippen molar-refractivity contribution < 1.29 is 0 Å². The molecule has 7 heteroatoms. The first-order valence-corrected chi connectivity index (χ1v) is 7.19. The summed E-state index contributed by atoms with van der Waals surface area (Å²) in [5, 5.41) is 3.21. The summed E-state index contributed by atoms with van der Waals surface area (Å²) in [7, 11) is 0. The third-order valence-electron chi connectivity index (χ3n) is 3.45. The Labute approximate surface area is 124 Å². The third-order valence-corrected chi connectivity index (χ3v) is 3.45. The summed E-state index contributed by atoms with van der Waals surface area (Å²) in [6, 6.07) is 3.83. The fourth-order valence-corrected chi connectivity index (χ4v) is 2.39. The molecule has 1 N–H and O–H groups in total. The number of hydrogen-bond donors (Lipinski definition) is 1. The van der Waals surface area contributed by atoms with Crippen LogP contribution in [0.1, 0.15) is 6.92 Å². The molecule has 0 atom stereocenters. The first-order chi connectivity index (χ1) is 10.4. The second-order valence-corrected chi connectivity index (χ2v) is 4.81. The molecule has 0 amide bonds. The van der Waals surface area contributed by atoms with Gasteiger partial charge in [-0.15, -0.1) is 0 Å². The fraction of sp³-hybridized carbons (Fsp3) is 0.429. The van der Waals surface area contributed by atoms with E-state index in [0.717, 1.165) is 50.3 Å². The molecule has 0 spiro atoms. The molecule has 0 saturated carbocycles. The van der Waals surface area contributed by atoms with Crippen molar-refractivity contribution in [2.45, 2.75) is 6.92 Å². The quantitative estimate of drug-likeness (QED) is 0.899. The van der Waals surface area contributed by atoms with Gasteiger partial charge in [-0.1, -0.05) is 0 Å². The lowest BCUT2D eigenvalue weighted by Crippen LogP contribution is -2.47. The minimum absolute atomic E-state index is 0.799. The number of anilines is 3. The maximum Gasteiger partial charge on any atom is 0.225 e. The summed E-state index contributed by atoms with van der Waals surface area (Å²) in [5.41, 5.74) is 0. The summed E-state index contributed by atoms with van der Waals surface area (Å²) < 4.78 is 0. The van der Waals surface area contributed by atoms with Crippen LogP contribution in [0.4, 0.5) is 17.6 Å². The Kier molecular flexibility index (Phi) is 4.09. The van der Waals surface area contributed by atoms with Crippen molar-refractivity contribution in [1.29, 1.82) is 0 Å². The van der Waals surface area contributed by atoms with E-state index in [2.05, 4.69) is 42.0 Å². The topological polar surface area (TPSA) is 70.1 Å². The third kappa shape index (κ3) is 3.18. The highest BCUT2D eigenvalue weighted by molar-refractivity contribution is 5.49. The Morgan fingerprint density at radius 1 is 1.00 bits per heavy atom. The molecule has 2 aromatic heterocycles. The van der Waals surface area contributed by atoms with E-state index in [1.54, 1.807) is 18.7 Å². The lowest BCUT2D eigenvalue weighted by atomic mass is 10.3. The molecule has 1 aliphatic heterocycles. The average Bonchev–Trinajstić information content (AvgIpc) is 2.56. The monoisotopic (exact) mass is 285 g/mol. The van der Waals surface area contributed by atoms with Crippen LogP contribution in [0.25, 0.3) is 0 Å². The molecule has 3 rings (SSSR count). The number of rotatable bonds is 4. The van der Waals surface area contributed by atoms with Crippen molar-refractivity contribution in [1.82, 2.24) is 19.9 Å². The number of aromatic nitrogens is 4. The Hall–Kier alpha value is -2.44. The molecular formula is C14H19N7. The van der Waals surface area contributed by atoms with Crippen molar-refractivity contribution in [2.75, 3.05) is 47.8 Å². The van der Waals surface area contributed by atoms with Crippen molar-refractivity contribution in [3.8, 4) is 0 Å². The molecule has 0 bridgehead atoms. The Balaban J connectivity index is 1.64. The van der Waals surface area contributed by atoms with Gasteiger partial charge in [-0.25, -0.2) is 19.9 Å². The van der Waals surface area contributed by atoms with E-state index < -0.39 is 0 Å². The molecule has 110 valence electrons. The molecular weight excluding hydrogens is 266 g/mol. The number of nitrogens with one attached hydrogen (secondary N) is 1. The van der Waals surface area contributed by atoms with Gasteiger partial charge in [-0.3, -0.25) is 0 Å². The van der Waals surface area contributed by atoms with Gasteiger partial charge in [0, 0.05) is 51.2 Å². The Morgan fingerprint density at radius 3 is 2.43 bits per heavy atom. The van der Waals surface area contributed by atoms with Crippen LogP contribution in [0.2, 0.25) is 0 Å². The van der Waals surface area contributed by atoms with Crippen molar-refractivity contribution >= 4 is 17.6 Å². The SMILES string of the molecule is CCNc1cc(N2CCN(c3ncccn3)CC2)ncn1. The van der Waals surface area contributed by atoms with E-state index in [0.29, 0.717) is 0 Å². The van der Waals surface area contributed by atoms with E-state index in [-0.39, 0.29) is 0 Å². The molecule has 7 nitrogen and oxygen atoms in total. The first-order valence-electron chi connectivity index (χ1n) is 7.19. The molecule has 1 aliphatic rings. The number of nitrogens with zero attached hydrogens (tertiary/aromatic N) is 6. The summed E-state index contributed by atoms with van der Waals surface area (Å²) >= 11 is 0. The molecule has 3 heterocycles. The van der Waals surface area contributed by atoms with Crippen LogP contribution in [0.5, 0.6) is 0 Å². The van der Waals surface area contributed by atoms with E-state index >= 15 is 0 Å². The Bertz CT molecular complexity index is 567. The zero-order valence-electron chi connectivity index (χ0n) is 12.1. The van der Waals surface area contributed by atoms with Crippen LogP contribution in [0, 0.1) is 0 Å². The van der Waals surface area contributed by atoms with Crippen LogP contribution in [0.3, 0.4) is 0 Å². The fourth-order valence-electron chi connectivity index (χ4n) is 2.39. The van der Waals surface area contributed by atoms with Gasteiger partial charge >= 0.3 is 0 Å². The highest BCUT2D eigenvalue weighted by Crippen LogP contribution is 2.17. The van der Waals surface area contributed by atoms with Crippen molar-refractivity contribution in [2.24, 2.45) is 0 Å². The zero-order valence-corrected chi connectivity index (χ0v) is 12.1. The van der Waals surface area contributed by atoms with Crippen LogP contribution >= 0.6 is 0 Å². The molecule has 2 aromatic rings. The van der Waals surface area contributed by atoms with E-state index in [4.69, 9.17) is 0 Å². The minimum Gasteiger partial charge on any atom is -0.370 e. The average molecular weight is 285 g/mol. The maximum absolute atomic E-state index is 4.37. The molecule has 21 heavy (non-hydrogen) atoms. The van der Waals surface area contributed by atoms with Crippen LogP contribution < -0.4 is 15.1 Å². The second kappa shape index (κ2) is 6.34. The summed E-state index contributed by atoms with van der Waals surface area (Å²) in [4.78, 5) is 21.6. The standard InChI is InChI=1S/C14H19N7/c1-2-15-12-10-13(19-11-18-12)20-6-8-21(9-7-20)14-16-4-3-5-17-14/h3-5,10-11H,2,6-9H2,1H3,(H,15,18,19). The van der Waals surface area contributed by atoms with Gasteiger partial charge in [0.2, 0.25) is 5.95 Å². The largest absolute Gasteiger partial charge is 0.370 e. The predicted octanol–water partition coefficient (Wildman–Crippen LogP) is 1.02. The van der Waals surface area contributed by atoms with E-state index in [1.807, 2.05) is 12.1 Å². The van der Waals surface area contributed by atoms with Gasteiger partial charge in [0.1, 0.15) is 18.0 Å². The molecule has 0 unspecified atom stereocenters. The zero-order chi connectivity index (χ0) is 14.5. The predicted molar refractivity (Wildman–Crippen MR) is 82.7 cm³/mol. The second-order valence-electron chi connectivity index (χ2n) is 4.81. The minimum atomic E-state index is 0.799. The van der Waals surface area contributed by atoms with Crippen molar-refractivity contribution in [3.05, 3.63) is 30.9 Å². The molecule has 1 fully saturated rings. The number of piperazine rings is 1. The number of hydrogen-bond acceptors (Lipinski definition) is 7. The summed E-state index contributed by atoms with van der Waals surface area (Å²) in [5.74, 6) is 2.64. The highest BCUT2D eigenvalue weighted by Gasteiger charge is 2.19. The summed E-state index contributed by atoms with van der Waals surface area (Å²) in [6.45, 7) is 6.51. The van der Waals surface area contributed by atoms with Gasteiger partial charge in [-0.2, -0.15) is 0 Å². The van der Waals surface area contributed by atoms with Gasteiger partial charge in [-0.05, 0) is 13.0 Å². The van der Waals surface area contributed by atoms with Gasteiger partial charge < -0.3 is 15.1 Å². The van der Waals surface area contributed by atoms with Gasteiger partial charge in [0.05, 0.1) is 0 Å². The van der Waals surface area contributed by atoms with Crippen LogP contribution in [-0.2, 0) is 0 Å². The lowest BCUT2D eigenvalue weighted by molar-refractivity contribution is 0.634. The van der Waals surface area contributed by atoms with Crippen LogP contribution in [0.15, 0.2) is 30.9 Å².